The van der Waals surface area contributed by atoms with Crippen LogP contribution in [0.3, 0.4) is 0 Å². The summed E-state index contributed by atoms with van der Waals surface area (Å²) in [5.41, 5.74) is 5.69. The fraction of sp³-hybridized carbons (Fsp3) is 0.923. The number of hydrogen-bond donors (Lipinski definition) is 2. The van der Waals surface area contributed by atoms with E-state index in [0.29, 0.717) is 31.5 Å². The van der Waals surface area contributed by atoms with Gasteiger partial charge in [0, 0.05) is 12.6 Å². The zero-order chi connectivity index (χ0) is 15.2. The second-order valence-electron chi connectivity index (χ2n) is 5.69. The Morgan fingerprint density at radius 1 is 1.33 bits per heavy atom. The Balaban J connectivity index is 0.00000400. The standard InChI is InChI=1S/C13H25F3N4.HI/c1-10(2)19-12(17)18-6-3-11-4-7-20(8-5-11)9-13(14,15)16;/h10-11H,3-9H2,1-2H3,(H3,17,18,19);1H. The molecule has 0 aromatic carbocycles. The van der Waals surface area contributed by atoms with Crippen molar-refractivity contribution in [3.63, 3.8) is 0 Å². The molecule has 1 heterocycles. The SMILES string of the molecule is CC(C)NC(N)=NCCC1CCN(CC(F)(F)F)CC1.I. The number of guanidine groups is 1. The average Bonchev–Trinajstić information content (AvgIpc) is 2.28. The predicted octanol–water partition coefficient (Wildman–Crippen LogP) is 2.58. The molecule has 0 aromatic heterocycles. The van der Waals surface area contributed by atoms with E-state index < -0.39 is 12.7 Å². The molecule has 1 fully saturated rings. The van der Waals surface area contributed by atoms with Gasteiger partial charge >= 0.3 is 6.18 Å². The summed E-state index contributed by atoms with van der Waals surface area (Å²) in [5, 5.41) is 3.01. The molecular formula is C13H26F3IN4. The van der Waals surface area contributed by atoms with Crippen LogP contribution < -0.4 is 11.1 Å². The molecule has 0 aromatic rings. The summed E-state index contributed by atoms with van der Waals surface area (Å²) in [5.74, 6) is 0.893. The number of nitrogens with one attached hydrogen (secondary N) is 1. The van der Waals surface area contributed by atoms with Crippen molar-refractivity contribution in [3.8, 4) is 0 Å². The number of alkyl halides is 3. The highest BCUT2D eigenvalue weighted by Crippen LogP contribution is 2.24. The first-order valence-corrected chi connectivity index (χ1v) is 7.12. The van der Waals surface area contributed by atoms with Gasteiger partial charge in [-0.1, -0.05) is 0 Å². The van der Waals surface area contributed by atoms with E-state index in [9.17, 15) is 13.2 Å². The number of aliphatic imine (C=N–C) groups is 1. The quantitative estimate of drug-likeness (QED) is 0.407. The molecule has 126 valence electrons. The second-order valence-corrected chi connectivity index (χ2v) is 5.69. The Kier molecular flexibility index (Phi) is 9.59. The first-order valence-electron chi connectivity index (χ1n) is 7.12. The predicted molar refractivity (Wildman–Crippen MR) is 90.0 cm³/mol. The zero-order valence-electron chi connectivity index (χ0n) is 12.6. The van der Waals surface area contributed by atoms with Gasteiger partial charge in [-0.25, -0.2) is 0 Å². The van der Waals surface area contributed by atoms with Gasteiger partial charge in [-0.05, 0) is 52.1 Å². The molecule has 8 heteroatoms. The lowest BCUT2D eigenvalue weighted by atomic mass is 9.93. The van der Waals surface area contributed by atoms with Crippen molar-refractivity contribution in [1.82, 2.24) is 10.2 Å². The van der Waals surface area contributed by atoms with Crippen molar-refractivity contribution >= 4 is 29.9 Å². The number of halogens is 4. The van der Waals surface area contributed by atoms with Crippen LogP contribution in [0.1, 0.15) is 33.1 Å². The van der Waals surface area contributed by atoms with Crippen LogP contribution in [-0.2, 0) is 0 Å². The molecule has 0 radical (unpaired) electrons. The van der Waals surface area contributed by atoms with Gasteiger partial charge in [0.25, 0.3) is 0 Å². The van der Waals surface area contributed by atoms with E-state index in [1.54, 1.807) is 0 Å². The Hall–Kier alpha value is -0.250. The number of hydrogen-bond acceptors (Lipinski definition) is 2. The molecule has 0 amide bonds. The van der Waals surface area contributed by atoms with Crippen LogP contribution in [0.2, 0.25) is 0 Å². The highest BCUT2D eigenvalue weighted by Gasteiger charge is 2.32. The molecule has 1 aliphatic rings. The van der Waals surface area contributed by atoms with Crippen molar-refractivity contribution in [2.45, 2.75) is 45.3 Å². The second kappa shape index (κ2) is 9.70. The number of nitrogens with zero attached hydrogens (tertiary/aromatic N) is 2. The fourth-order valence-corrected chi connectivity index (χ4v) is 2.40. The van der Waals surface area contributed by atoms with Crippen molar-refractivity contribution in [2.24, 2.45) is 16.6 Å². The maximum Gasteiger partial charge on any atom is 0.401 e. The summed E-state index contributed by atoms with van der Waals surface area (Å²) < 4.78 is 36.8. The molecule has 0 unspecified atom stereocenters. The minimum Gasteiger partial charge on any atom is -0.370 e. The molecule has 0 spiro atoms. The van der Waals surface area contributed by atoms with E-state index in [0.717, 1.165) is 19.3 Å². The van der Waals surface area contributed by atoms with Gasteiger partial charge < -0.3 is 11.1 Å². The van der Waals surface area contributed by atoms with Gasteiger partial charge in [0.05, 0.1) is 6.54 Å². The Labute approximate surface area is 141 Å². The topological polar surface area (TPSA) is 53.6 Å². The molecule has 21 heavy (non-hydrogen) atoms. The number of likely N-dealkylation sites (tertiary alicyclic amines) is 1. The van der Waals surface area contributed by atoms with Gasteiger partial charge in [-0.2, -0.15) is 13.2 Å². The van der Waals surface area contributed by atoms with E-state index >= 15 is 0 Å². The first-order chi connectivity index (χ1) is 9.26. The van der Waals surface area contributed by atoms with Crippen LogP contribution in [0.4, 0.5) is 13.2 Å². The van der Waals surface area contributed by atoms with E-state index in [1.807, 2.05) is 13.8 Å². The normalized spacial score (nSPS) is 18.7. The zero-order valence-corrected chi connectivity index (χ0v) is 14.9. The average molecular weight is 422 g/mol. The third-order valence-electron chi connectivity index (χ3n) is 3.37. The lowest BCUT2D eigenvalue weighted by Gasteiger charge is -2.32. The first kappa shape index (κ1) is 20.8. The van der Waals surface area contributed by atoms with Crippen LogP contribution in [0.15, 0.2) is 4.99 Å². The smallest absolute Gasteiger partial charge is 0.370 e. The fourth-order valence-electron chi connectivity index (χ4n) is 2.40. The molecule has 4 nitrogen and oxygen atoms in total. The lowest BCUT2D eigenvalue weighted by molar-refractivity contribution is -0.148. The van der Waals surface area contributed by atoms with Gasteiger partial charge in [0.1, 0.15) is 0 Å². The summed E-state index contributed by atoms with van der Waals surface area (Å²) in [7, 11) is 0. The number of nitrogens with two attached hydrogens (primary N) is 1. The van der Waals surface area contributed by atoms with Gasteiger partial charge in [-0.3, -0.25) is 9.89 Å². The van der Waals surface area contributed by atoms with Crippen molar-refractivity contribution < 1.29 is 13.2 Å². The highest BCUT2D eigenvalue weighted by molar-refractivity contribution is 14.0. The third-order valence-corrected chi connectivity index (χ3v) is 3.37. The minimum absolute atomic E-state index is 0. The number of rotatable bonds is 5. The Morgan fingerprint density at radius 2 is 1.90 bits per heavy atom. The van der Waals surface area contributed by atoms with Crippen molar-refractivity contribution in [2.75, 3.05) is 26.2 Å². The number of piperidine rings is 1. The Bertz CT molecular complexity index is 313. The molecule has 1 rings (SSSR count). The summed E-state index contributed by atoms with van der Waals surface area (Å²) >= 11 is 0. The molecule has 1 saturated heterocycles. The lowest BCUT2D eigenvalue weighted by Crippen LogP contribution is -2.40. The summed E-state index contributed by atoms with van der Waals surface area (Å²) in [4.78, 5) is 5.71. The van der Waals surface area contributed by atoms with Crippen LogP contribution in [0.25, 0.3) is 0 Å². The monoisotopic (exact) mass is 422 g/mol. The summed E-state index contributed by atoms with van der Waals surface area (Å²) in [6.07, 6.45) is -1.58. The van der Waals surface area contributed by atoms with E-state index in [2.05, 4.69) is 10.3 Å². The van der Waals surface area contributed by atoms with E-state index in [1.165, 1.54) is 4.90 Å². The van der Waals surface area contributed by atoms with Crippen molar-refractivity contribution in [1.29, 1.82) is 0 Å². The maximum atomic E-state index is 12.3. The molecule has 0 atom stereocenters. The van der Waals surface area contributed by atoms with E-state index in [-0.39, 0.29) is 30.0 Å². The molecule has 1 aliphatic heterocycles. The summed E-state index contributed by atoms with van der Waals surface area (Å²) in [6.45, 7) is 4.86. The van der Waals surface area contributed by atoms with Crippen molar-refractivity contribution in [3.05, 3.63) is 0 Å². The third kappa shape index (κ3) is 10.2. The van der Waals surface area contributed by atoms with Crippen LogP contribution in [0.5, 0.6) is 0 Å². The molecular weight excluding hydrogens is 396 g/mol. The van der Waals surface area contributed by atoms with E-state index in [4.69, 9.17) is 5.73 Å². The summed E-state index contributed by atoms with van der Waals surface area (Å²) in [6, 6.07) is 0.254. The highest BCUT2D eigenvalue weighted by atomic mass is 127. The molecule has 0 aliphatic carbocycles. The maximum absolute atomic E-state index is 12.3. The Morgan fingerprint density at radius 3 is 2.38 bits per heavy atom. The van der Waals surface area contributed by atoms with Crippen LogP contribution >= 0.6 is 24.0 Å². The molecule has 0 saturated carbocycles. The van der Waals surface area contributed by atoms with Crippen LogP contribution in [0, 0.1) is 5.92 Å². The van der Waals surface area contributed by atoms with Gasteiger partial charge in [-0.15, -0.1) is 24.0 Å². The van der Waals surface area contributed by atoms with Gasteiger partial charge in [0.15, 0.2) is 5.96 Å². The van der Waals surface area contributed by atoms with Crippen LogP contribution in [-0.4, -0.2) is 49.3 Å². The largest absolute Gasteiger partial charge is 0.401 e. The minimum atomic E-state index is -4.09. The van der Waals surface area contributed by atoms with Gasteiger partial charge in [0.2, 0.25) is 0 Å². The molecule has 0 bridgehead atoms. The molecule has 3 N–H and O–H groups in total.